The second-order valence-corrected chi connectivity index (χ2v) is 10.1. The van der Waals surface area contributed by atoms with E-state index >= 15 is 0 Å². The fraction of sp³-hybridized carbons (Fsp3) is 0.240. The van der Waals surface area contributed by atoms with Crippen molar-refractivity contribution in [3.63, 3.8) is 0 Å². The molecule has 1 aliphatic heterocycles. The molecule has 1 heterocycles. The van der Waals surface area contributed by atoms with E-state index in [1.807, 2.05) is 0 Å². The third kappa shape index (κ3) is 4.61. The first-order valence-electron chi connectivity index (χ1n) is 10.6. The number of carboxylic acid groups (broad SMARTS) is 1. The zero-order valence-electron chi connectivity index (χ0n) is 18.6. The van der Waals surface area contributed by atoms with Crippen molar-refractivity contribution >= 4 is 21.7 Å². The lowest BCUT2D eigenvalue weighted by Crippen LogP contribution is -2.43. The zero-order chi connectivity index (χ0) is 24.6. The van der Waals surface area contributed by atoms with Crippen molar-refractivity contribution in [2.45, 2.75) is 37.7 Å². The zero-order valence-corrected chi connectivity index (χ0v) is 19.4. The normalized spacial score (nSPS) is 15.5. The average molecular weight is 488 g/mol. The van der Waals surface area contributed by atoms with Gasteiger partial charge in [0.25, 0.3) is 10.0 Å². The van der Waals surface area contributed by atoms with E-state index in [0.29, 0.717) is 11.1 Å². The molecule has 0 saturated heterocycles. The molecule has 0 aromatic heterocycles. The van der Waals surface area contributed by atoms with E-state index in [-0.39, 0.29) is 41.3 Å². The van der Waals surface area contributed by atoms with Gasteiger partial charge in [-0.25, -0.2) is 17.2 Å². The molecular formula is C25H23F2NO5S. The van der Waals surface area contributed by atoms with E-state index in [1.54, 1.807) is 37.3 Å². The number of sulfonamides is 1. The Morgan fingerprint density at radius 1 is 1.12 bits per heavy atom. The second kappa shape index (κ2) is 9.06. The number of rotatable bonds is 6. The number of ether oxygens (including phenoxy) is 1. The van der Waals surface area contributed by atoms with E-state index in [1.165, 1.54) is 29.4 Å². The molecule has 9 heteroatoms. The monoisotopic (exact) mass is 487 g/mol. The van der Waals surface area contributed by atoms with Gasteiger partial charge in [0, 0.05) is 12.5 Å². The molecule has 0 fully saturated rings. The number of aryl methyl sites for hydroxylation is 1. The van der Waals surface area contributed by atoms with Gasteiger partial charge in [-0.3, -0.25) is 9.10 Å². The molecule has 4 rings (SSSR count). The van der Waals surface area contributed by atoms with Gasteiger partial charge >= 0.3 is 5.97 Å². The van der Waals surface area contributed by atoms with Crippen LogP contribution in [-0.4, -0.2) is 32.1 Å². The van der Waals surface area contributed by atoms with Crippen molar-refractivity contribution in [1.82, 2.24) is 0 Å². The van der Waals surface area contributed by atoms with E-state index < -0.39 is 33.7 Å². The lowest BCUT2D eigenvalue weighted by molar-refractivity contribution is -0.137. The molecule has 34 heavy (non-hydrogen) atoms. The summed E-state index contributed by atoms with van der Waals surface area (Å²) in [7, 11) is -4.04. The first-order chi connectivity index (χ1) is 16.1. The van der Waals surface area contributed by atoms with Crippen molar-refractivity contribution in [3.8, 4) is 16.9 Å². The van der Waals surface area contributed by atoms with Crippen molar-refractivity contribution < 1.29 is 31.8 Å². The van der Waals surface area contributed by atoms with Gasteiger partial charge in [-0.2, -0.15) is 0 Å². The predicted octanol–water partition coefficient (Wildman–Crippen LogP) is 5.07. The summed E-state index contributed by atoms with van der Waals surface area (Å²) in [6.07, 6.45) is -0.745. The topological polar surface area (TPSA) is 83.9 Å². The third-order valence-corrected chi connectivity index (χ3v) is 7.54. The van der Waals surface area contributed by atoms with Crippen LogP contribution in [0, 0.1) is 25.5 Å². The third-order valence-electron chi connectivity index (χ3n) is 5.77. The Hall–Kier alpha value is -3.46. The lowest BCUT2D eigenvalue weighted by atomic mass is 9.98. The summed E-state index contributed by atoms with van der Waals surface area (Å²) in [5, 5.41) is 9.06. The Bertz CT molecular complexity index is 1370. The van der Waals surface area contributed by atoms with E-state index in [4.69, 9.17) is 9.84 Å². The summed E-state index contributed by atoms with van der Waals surface area (Å²) in [5.74, 6) is -2.22. The summed E-state index contributed by atoms with van der Waals surface area (Å²) in [4.78, 5) is 11.1. The smallest absolute Gasteiger partial charge is 0.303 e. The average Bonchev–Trinajstić information content (AvgIpc) is 2.79. The molecule has 0 amide bonds. The second-order valence-electron chi connectivity index (χ2n) is 8.27. The fourth-order valence-electron chi connectivity index (χ4n) is 3.99. The van der Waals surface area contributed by atoms with Gasteiger partial charge in [0.15, 0.2) is 0 Å². The number of nitrogens with zero attached hydrogens (tertiary/aromatic N) is 1. The molecule has 178 valence electrons. The van der Waals surface area contributed by atoms with Crippen LogP contribution >= 0.6 is 0 Å². The minimum Gasteiger partial charge on any atom is -0.486 e. The number of hydrogen-bond donors (Lipinski definition) is 1. The SMILES string of the molecule is Cc1cccc(S(=O)(=O)N2C[C@H](CCC(=O)O)Oc3ccc(-c4cc(F)cc(F)c4C)cc32)c1. The maximum Gasteiger partial charge on any atom is 0.303 e. The standard InChI is InChI=1S/C25H23F2NO5S/c1-15-4-3-5-20(10-15)34(31,32)28-14-19(7-9-25(29)30)33-24-8-6-17(11-23(24)28)21-12-18(26)13-22(27)16(21)2/h3-6,8,10-13,19H,7,9,14H2,1-2H3,(H,29,30)/t19-/m0/s1. The number of carbonyl (C=O) groups is 1. The molecule has 0 saturated carbocycles. The molecule has 3 aromatic carbocycles. The molecule has 0 radical (unpaired) electrons. The van der Waals surface area contributed by atoms with Gasteiger partial charge in [0.05, 0.1) is 17.1 Å². The minimum atomic E-state index is -4.04. The maximum absolute atomic E-state index is 14.2. The molecule has 0 bridgehead atoms. The fourth-order valence-corrected chi connectivity index (χ4v) is 5.59. The Balaban J connectivity index is 1.84. The number of carboxylic acids is 1. The Morgan fingerprint density at radius 2 is 1.88 bits per heavy atom. The van der Waals surface area contributed by atoms with Gasteiger partial charge in [-0.1, -0.05) is 18.2 Å². The minimum absolute atomic E-state index is 0.0794. The Morgan fingerprint density at radius 3 is 2.59 bits per heavy atom. The van der Waals surface area contributed by atoms with Crippen molar-refractivity contribution in [1.29, 1.82) is 0 Å². The number of aliphatic carboxylic acids is 1. The molecule has 0 aliphatic carbocycles. The summed E-state index contributed by atoms with van der Waals surface area (Å²) in [5.41, 5.74) is 1.92. The molecule has 1 atom stereocenters. The van der Waals surface area contributed by atoms with Crippen LogP contribution in [0.3, 0.4) is 0 Å². The van der Waals surface area contributed by atoms with Crippen LogP contribution in [0.4, 0.5) is 14.5 Å². The van der Waals surface area contributed by atoms with Crippen LogP contribution in [0.25, 0.3) is 11.1 Å². The van der Waals surface area contributed by atoms with Crippen LogP contribution in [0.15, 0.2) is 59.5 Å². The number of hydrogen-bond acceptors (Lipinski definition) is 4. The summed E-state index contributed by atoms with van der Waals surface area (Å²) < 4.78 is 62.5. The number of halogens is 2. The van der Waals surface area contributed by atoms with Crippen molar-refractivity contribution in [3.05, 3.63) is 77.4 Å². The summed E-state index contributed by atoms with van der Waals surface area (Å²) in [6.45, 7) is 3.20. The number of anilines is 1. The molecule has 0 spiro atoms. The highest BCUT2D eigenvalue weighted by molar-refractivity contribution is 7.92. The van der Waals surface area contributed by atoms with E-state index in [2.05, 4.69) is 0 Å². The quantitative estimate of drug-likeness (QED) is 0.525. The van der Waals surface area contributed by atoms with Crippen LogP contribution in [0.5, 0.6) is 5.75 Å². The highest BCUT2D eigenvalue weighted by Crippen LogP contribution is 2.41. The van der Waals surface area contributed by atoms with Crippen LogP contribution < -0.4 is 9.04 Å². The number of benzene rings is 3. The van der Waals surface area contributed by atoms with Crippen molar-refractivity contribution in [2.75, 3.05) is 10.8 Å². The summed E-state index contributed by atoms with van der Waals surface area (Å²) in [6, 6.07) is 13.1. The first-order valence-corrected chi connectivity index (χ1v) is 12.1. The van der Waals surface area contributed by atoms with Gasteiger partial charge < -0.3 is 9.84 Å². The molecule has 0 unspecified atom stereocenters. The van der Waals surface area contributed by atoms with Gasteiger partial charge in [0.1, 0.15) is 23.5 Å². The van der Waals surface area contributed by atoms with Crippen molar-refractivity contribution in [2.24, 2.45) is 0 Å². The first kappa shape index (κ1) is 23.7. The van der Waals surface area contributed by atoms with Crippen LogP contribution in [0.1, 0.15) is 24.0 Å². The molecule has 1 aliphatic rings. The van der Waals surface area contributed by atoms with Crippen LogP contribution in [-0.2, 0) is 14.8 Å². The molecule has 6 nitrogen and oxygen atoms in total. The van der Waals surface area contributed by atoms with E-state index in [9.17, 15) is 22.0 Å². The molecule has 1 N–H and O–H groups in total. The van der Waals surface area contributed by atoms with Crippen LogP contribution in [0.2, 0.25) is 0 Å². The molecule has 3 aromatic rings. The highest BCUT2D eigenvalue weighted by atomic mass is 32.2. The Kier molecular flexibility index (Phi) is 6.31. The molecular weight excluding hydrogens is 464 g/mol. The lowest BCUT2D eigenvalue weighted by Gasteiger charge is -2.36. The maximum atomic E-state index is 14.2. The predicted molar refractivity (Wildman–Crippen MR) is 124 cm³/mol. The number of fused-ring (bicyclic) bond motifs is 1. The van der Waals surface area contributed by atoms with Gasteiger partial charge in [-0.05, 0) is 72.9 Å². The largest absolute Gasteiger partial charge is 0.486 e. The summed E-state index contributed by atoms with van der Waals surface area (Å²) >= 11 is 0. The van der Waals surface area contributed by atoms with Gasteiger partial charge in [-0.15, -0.1) is 0 Å². The van der Waals surface area contributed by atoms with E-state index in [0.717, 1.165) is 11.6 Å². The Labute approximate surface area is 196 Å². The van der Waals surface area contributed by atoms with Gasteiger partial charge in [0.2, 0.25) is 0 Å². The highest BCUT2D eigenvalue weighted by Gasteiger charge is 2.35.